The number of piperidine rings is 1. The van der Waals surface area contributed by atoms with Crippen LogP contribution < -0.4 is 0 Å². The molecule has 0 radical (unpaired) electrons. The molecule has 2 aromatic carbocycles. The van der Waals surface area contributed by atoms with Crippen molar-refractivity contribution in [3.8, 4) is 16.9 Å². The first-order chi connectivity index (χ1) is 16.6. The minimum atomic E-state index is -0.353. The van der Waals surface area contributed by atoms with E-state index in [1.54, 1.807) is 18.3 Å². The molecular weight excluding hydrogens is 449 g/mol. The number of hydrogen-bond donors (Lipinski definition) is 0. The maximum atomic E-state index is 14.9. The van der Waals surface area contributed by atoms with E-state index in [-0.39, 0.29) is 5.82 Å². The highest BCUT2D eigenvalue weighted by Crippen LogP contribution is 2.36. The Morgan fingerprint density at radius 3 is 2.65 bits per heavy atom. The first kappa shape index (κ1) is 21.2. The molecule has 0 saturated carbocycles. The number of hydrogen-bond acceptors (Lipinski definition) is 4. The predicted octanol–water partition coefficient (Wildman–Crippen LogP) is 6.24. The number of likely N-dealkylation sites (tertiary alicyclic amines) is 1. The van der Waals surface area contributed by atoms with E-state index in [0.717, 1.165) is 59.4 Å². The number of fused-ring (bicyclic) bond motifs is 2. The first-order valence-corrected chi connectivity index (χ1v) is 11.8. The second kappa shape index (κ2) is 8.46. The van der Waals surface area contributed by atoms with Gasteiger partial charge in [-0.1, -0.05) is 29.8 Å². The quantitative estimate of drug-likeness (QED) is 0.312. The van der Waals surface area contributed by atoms with Crippen molar-refractivity contribution in [2.75, 3.05) is 20.1 Å². The number of rotatable bonds is 3. The topological polar surface area (TPSA) is 46.8 Å². The Bertz CT molecular complexity index is 1520. The third-order valence-electron chi connectivity index (χ3n) is 6.71. The highest BCUT2D eigenvalue weighted by Gasteiger charge is 2.26. The van der Waals surface area contributed by atoms with Gasteiger partial charge in [0.15, 0.2) is 0 Å². The van der Waals surface area contributed by atoms with Crippen LogP contribution in [0.3, 0.4) is 0 Å². The van der Waals surface area contributed by atoms with Gasteiger partial charge in [-0.15, -0.1) is 0 Å². The molecule has 0 aliphatic carbocycles. The summed E-state index contributed by atoms with van der Waals surface area (Å²) in [5.74, 6) is 0.986. The molecule has 1 saturated heterocycles. The zero-order valence-electron chi connectivity index (χ0n) is 18.7. The summed E-state index contributed by atoms with van der Waals surface area (Å²) in [6, 6.07) is 16.5. The van der Waals surface area contributed by atoms with Gasteiger partial charge in [0.05, 0.1) is 28.6 Å². The van der Waals surface area contributed by atoms with E-state index in [2.05, 4.69) is 27.6 Å². The standard InChI is InChI=1S/C27H23ClFN5/c1-33-12-9-17(10-13-33)27-32-24-16-30-11-8-25(24)34(27)26-15-23(20-14-18(28)6-7-21(20)29)31-22-5-3-2-4-19(22)26/h2-8,11,14-17H,9-10,12-13H2,1H3. The molecule has 0 atom stereocenters. The molecule has 170 valence electrons. The average Bonchev–Trinajstić information content (AvgIpc) is 3.24. The van der Waals surface area contributed by atoms with E-state index >= 15 is 0 Å². The summed E-state index contributed by atoms with van der Waals surface area (Å²) >= 11 is 6.22. The summed E-state index contributed by atoms with van der Waals surface area (Å²) in [4.78, 5) is 16.5. The second-order valence-electron chi connectivity index (χ2n) is 8.92. The molecule has 5 aromatic rings. The lowest BCUT2D eigenvalue weighted by atomic mass is 9.96. The van der Waals surface area contributed by atoms with Crippen LogP contribution in [0, 0.1) is 5.82 Å². The Kier molecular flexibility index (Phi) is 5.27. The summed E-state index contributed by atoms with van der Waals surface area (Å²) < 4.78 is 17.1. The van der Waals surface area contributed by atoms with Gasteiger partial charge in [-0.2, -0.15) is 0 Å². The van der Waals surface area contributed by atoms with Gasteiger partial charge in [-0.05, 0) is 69.4 Å². The molecule has 0 amide bonds. The SMILES string of the molecule is CN1CCC(c2nc3cnccc3n2-c2cc(-c3cc(Cl)ccc3F)nc3ccccc23)CC1. The lowest BCUT2D eigenvalue weighted by Gasteiger charge is -2.29. The van der Waals surface area contributed by atoms with Gasteiger partial charge < -0.3 is 4.90 Å². The number of nitrogens with zero attached hydrogens (tertiary/aromatic N) is 5. The number of halogens is 2. The number of benzene rings is 2. The van der Waals surface area contributed by atoms with Crippen molar-refractivity contribution in [2.24, 2.45) is 0 Å². The van der Waals surface area contributed by atoms with Crippen LogP contribution in [0.15, 0.2) is 67.0 Å². The fourth-order valence-electron chi connectivity index (χ4n) is 4.92. The van der Waals surface area contributed by atoms with Gasteiger partial charge in [0.25, 0.3) is 0 Å². The van der Waals surface area contributed by atoms with Crippen LogP contribution >= 0.6 is 11.6 Å². The first-order valence-electron chi connectivity index (χ1n) is 11.4. The molecule has 1 aliphatic rings. The lowest BCUT2D eigenvalue weighted by Crippen LogP contribution is -2.30. The molecule has 0 unspecified atom stereocenters. The van der Waals surface area contributed by atoms with Crippen molar-refractivity contribution in [2.45, 2.75) is 18.8 Å². The van der Waals surface area contributed by atoms with Crippen LogP contribution in [0.4, 0.5) is 4.39 Å². The van der Waals surface area contributed by atoms with Gasteiger partial charge >= 0.3 is 0 Å². The van der Waals surface area contributed by atoms with Crippen molar-refractivity contribution >= 4 is 33.5 Å². The fraction of sp³-hybridized carbons (Fsp3) is 0.222. The van der Waals surface area contributed by atoms with Crippen LogP contribution in [-0.4, -0.2) is 44.6 Å². The third-order valence-corrected chi connectivity index (χ3v) is 6.94. The Balaban J connectivity index is 1.64. The van der Waals surface area contributed by atoms with Gasteiger partial charge in [-0.3, -0.25) is 9.55 Å². The van der Waals surface area contributed by atoms with Crippen LogP contribution in [0.25, 0.3) is 38.9 Å². The molecule has 1 fully saturated rings. The molecular formula is C27H23ClFN5. The van der Waals surface area contributed by atoms with E-state index in [0.29, 0.717) is 22.2 Å². The Hall–Kier alpha value is -3.35. The number of aromatic nitrogens is 4. The molecule has 5 nitrogen and oxygen atoms in total. The average molecular weight is 472 g/mol. The Labute approximate surface area is 201 Å². The molecule has 3 aromatic heterocycles. The van der Waals surface area contributed by atoms with Crippen LogP contribution in [0.5, 0.6) is 0 Å². The van der Waals surface area contributed by atoms with Gasteiger partial charge in [0.2, 0.25) is 0 Å². The predicted molar refractivity (Wildman–Crippen MR) is 134 cm³/mol. The van der Waals surface area contributed by atoms with Crippen molar-refractivity contribution in [1.29, 1.82) is 0 Å². The van der Waals surface area contributed by atoms with Crippen molar-refractivity contribution in [3.05, 3.63) is 83.7 Å². The van der Waals surface area contributed by atoms with Crippen molar-refractivity contribution < 1.29 is 4.39 Å². The Morgan fingerprint density at radius 1 is 0.971 bits per heavy atom. The van der Waals surface area contributed by atoms with E-state index < -0.39 is 0 Å². The van der Waals surface area contributed by atoms with Crippen LogP contribution in [0.1, 0.15) is 24.6 Å². The van der Waals surface area contributed by atoms with E-state index in [4.69, 9.17) is 21.6 Å². The largest absolute Gasteiger partial charge is 0.306 e. The van der Waals surface area contributed by atoms with E-state index in [1.807, 2.05) is 36.5 Å². The molecule has 4 heterocycles. The van der Waals surface area contributed by atoms with Crippen LogP contribution in [0.2, 0.25) is 5.02 Å². The van der Waals surface area contributed by atoms with Crippen molar-refractivity contribution in [3.63, 3.8) is 0 Å². The summed E-state index contributed by atoms with van der Waals surface area (Å²) in [7, 11) is 2.16. The molecule has 0 N–H and O–H groups in total. The maximum Gasteiger partial charge on any atom is 0.132 e. The number of para-hydroxylation sites is 1. The molecule has 6 rings (SSSR count). The zero-order chi connectivity index (χ0) is 23.2. The molecule has 34 heavy (non-hydrogen) atoms. The number of imidazole rings is 1. The van der Waals surface area contributed by atoms with E-state index in [1.165, 1.54) is 6.07 Å². The lowest BCUT2D eigenvalue weighted by molar-refractivity contribution is 0.250. The molecule has 0 bridgehead atoms. The normalized spacial score (nSPS) is 15.4. The monoisotopic (exact) mass is 471 g/mol. The maximum absolute atomic E-state index is 14.9. The van der Waals surface area contributed by atoms with Gasteiger partial charge in [0, 0.05) is 28.1 Å². The summed E-state index contributed by atoms with van der Waals surface area (Å²) in [5, 5.41) is 1.46. The summed E-state index contributed by atoms with van der Waals surface area (Å²) in [6.07, 6.45) is 5.67. The minimum absolute atomic E-state index is 0.321. The summed E-state index contributed by atoms with van der Waals surface area (Å²) in [5.41, 5.74) is 4.48. The van der Waals surface area contributed by atoms with Gasteiger partial charge in [0.1, 0.15) is 17.2 Å². The zero-order valence-corrected chi connectivity index (χ0v) is 19.5. The fourth-order valence-corrected chi connectivity index (χ4v) is 5.09. The molecule has 7 heteroatoms. The highest BCUT2D eigenvalue weighted by molar-refractivity contribution is 6.30. The van der Waals surface area contributed by atoms with Crippen LogP contribution in [-0.2, 0) is 0 Å². The highest BCUT2D eigenvalue weighted by atomic mass is 35.5. The van der Waals surface area contributed by atoms with E-state index in [9.17, 15) is 4.39 Å². The summed E-state index contributed by atoms with van der Waals surface area (Å²) in [6.45, 7) is 2.06. The van der Waals surface area contributed by atoms with Gasteiger partial charge in [-0.25, -0.2) is 14.4 Å². The Morgan fingerprint density at radius 2 is 1.79 bits per heavy atom. The molecule has 1 aliphatic heterocycles. The number of pyridine rings is 2. The minimum Gasteiger partial charge on any atom is -0.306 e. The second-order valence-corrected chi connectivity index (χ2v) is 9.35. The smallest absolute Gasteiger partial charge is 0.132 e. The van der Waals surface area contributed by atoms with Crippen molar-refractivity contribution in [1.82, 2.24) is 24.4 Å². The third kappa shape index (κ3) is 3.63. The molecule has 0 spiro atoms.